The number of hydrogen-bond donors (Lipinski definition) is 1. The summed E-state index contributed by atoms with van der Waals surface area (Å²) in [5.74, 6) is 0. The second-order valence-corrected chi connectivity index (χ2v) is 9.94. The molecule has 1 rings (SSSR count). The van der Waals surface area contributed by atoms with Crippen molar-refractivity contribution >= 4 is 16.2 Å². The average Bonchev–Trinajstić information content (AvgIpc) is 3.00. The molecule has 0 amide bonds. The van der Waals surface area contributed by atoms with Crippen molar-refractivity contribution in [3.05, 3.63) is 71.1 Å². The molecular formula is C27H42N2O2S. The van der Waals surface area contributed by atoms with Gasteiger partial charge in [0.05, 0.1) is 10.9 Å². The maximum Gasteiger partial charge on any atom is 0.239 e. The highest BCUT2D eigenvalue weighted by atomic mass is 32.2. The molecule has 1 unspecified atom stereocenters. The van der Waals surface area contributed by atoms with Crippen LogP contribution in [0.25, 0.3) is 0 Å². The molecular weight excluding hydrogens is 416 g/mol. The van der Waals surface area contributed by atoms with E-state index in [0.29, 0.717) is 17.8 Å². The normalized spacial score (nSPS) is 19.2. The molecule has 1 atom stereocenters. The van der Waals surface area contributed by atoms with Crippen molar-refractivity contribution in [1.82, 2.24) is 4.72 Å². The van der Waals surface area contributed by atoms with E-state index < -0.39 is 15.3 Å². The van der Waals surface area contributed by atoms with E-state index in [1.807, 2.05) is 25.2 Å². The molecule has 0 aromatic carbocycles. The van der Waals surface area contributed by atoms with E-state index in [1.165, 1.54) is 5.57 Å². The first kappa shape index (κ1) is 27.9. The molecule has 0 saturated heterocycles. The fourth-order valence-corrected chi connectivity index (χ4v) is 4.83. The number of sulfonamides is 1. The highest BCUT2D eigenvalue weighted by molar-refractivity contribution is 7.90. The summed E-state index contributed by atoms with van der Waals surface area (Å²) in [7, 11) is -3.57. The summed E-state index contributed by atoms with van der Waals surface area (Å²) < 4.78 is 29.0. The molecule has 32 heavy (non-hydrogen) atoms. The third-order valence-corrected chi connectivity index (χ3v) is 7.09. The van der Waals surface area contributed by atoms with Crippen molar-refractivity contribution in [1.29, 1.82) is 0 Å². The Bertz CT molecular complexity index is 885. The van der Waals surface area contributed by atoms with Gasteiger partial charge < -0.3 is 0 Å². The molecule has 0 saturated carbocycles. The quantitative estimate of drug-likeness (QED) is 0.294. The van der Waals surface area contributed by atoms with Crippen molar-refractivity contribution in [3.8, 4) is 0 Å². The topological polar surface area (TPSA) is 58.5 Å². The first-order valence-electron chi connectivity index (χ1n) is 12.0. The molecule has 4 nitrogen and oxygen atoms in total. The predicted octanol–water partition coefficient (Wildman–Crippen LogP) is 7.31. The van der Waals surface area contributed by atoms with Gasteiger partial charge in [-0.3, -0.25) is 9.71 Å². The minimum absolute atomic E-state index is 0.501. The van der Waals surface area contributed by atoms with Crippen LogP contribution in [0.4, 0.5) is 0 Å². The monoisotopic (exact) mass is 458 g/mol. The fourth-order valence-electron chi connectivity index (χ4n) is 3.42. The lowest BCUT2D eigenvalue weighted by Crippen LogP contribution is -2.32. The van der Waals surface area contributed by atoms with Gasteiger partial charge in [-0.05, 0) is 62.7 Å². The Labute approximate surface area is 196 Å². The van der Waals surface area contributed by atoms with Crippen LogP contribution in [0.1, 0.15) is 86.0 Å². The smallest absolute Gasteiger partial charge is 0.239 e. The molecule has 0 aromatic heterocycles. The Morgan fingerprint density at radius 3 is 2.66 bits per heavy atom. The molecule has 0 aromatic rings. The Hall–Kier alpha value is -2.14. The van der Waals surface area contributed by atoms with Gasteiger partial charge in [0.25, 0.3) is 0 Å². The zero-order valence-electron chi connectivity index (χ0n) is 20.6. The Kier molecular flexibility index (Phi) is 13.6. The van der Waals surface area contributed by atoms with E-state index in [0.717, 1.165) is 50.5 Å². The fraction of sp³-hybridized carbons (Fsp3) is 0.519. The zero-order valence-corrected chi connectivity index (χ0v) is 21.4. The van der Waals surface area contributed by atoms with E-state index in [-0.39, 0.29) is 0 Å². The largest absolute Gasteiger partial charge is 0.285 e. The van der Waals surface area contributed by atoms with E-state index in [2.05, 4.69) is 54.8 Å². The molecule has 1 heterocycles. The van der Waals surface area contributed by atoms with Gasteiger partial charge in [-0.25, -0.2) is 8.42 Å². The van der Waals surface area contributed by atoms with Crippen LogP contribution in [0.5, 0.6) is 0 Å². The molecule has 0 spiro atoms. The summed E-state index contributed by atoms with van der Waals surface area (Å²) in [6.45, 7) is 10.1. The van der Waals surface area contributed by atoms with E-state index in [9.17, 15) is 8.42 Å². The van der Waals surface area contributed by atoms with Gasteiger partial charge in [0, 0.05) is 11.9 Å². The van der Waals surface area contributed by atoms with Crippen LogP contribution in [0.3, 0.4) is 0 Å². The molecule has 1 aliphatic rings. The van der Waals surface area contributed by atoms with Crippen molar-refractivity contribution in [3.63, 3.8) is 0 Å². The number of unbranched alkanes of at least 4 members (excludes halogenated alkanes) is 2. The van der Waals surface area contributed by atoms with Gasteiger partial charge in [-0.15, -0.1) is 0 Å². The Morgan fingerprint density at radius 2 is 2.00 bits per heavy atom. The standard InChI is InChI=1S/C27H42N2O2S/c1-6-10-12-18-24(17-11-7-2)19-15-21-26(9-4)32(30,31)29-23(5)27-25(16-8-3)20-13-14-22-28-27/h12-16,18-19,21-22,26,29H,6-11,17,20H2,1-5H3. The van der Waals surface area contributed by atoms with Crippen molar-refractivity contribution in [2.24, 2.45) is 4.99 Å². The lowest BCUT2D eigenvalue weighted by Gasteiger charge is -2.17. The van der Waals surface area contributed by atoms with E-state index in [1.54, 1.807) is 19.2 Å². The van der Waals surface area contributed by atoms with Crippen LogP contribution in [-0.4, -0.2) is 19.9 Å². The minimum atomic E-state index is -3.57. The van der Waals surface area contributed by atoms with Gasteiger partial charge >= 0.3 is 0 Å². The van der Waals surface area contributed by atoms with Crippen LogP contribution >= 0.6 is 0 Å². The lowest BCUT2D eigenvalue weighted by molar-refractivity contribution is 0.578. The molecule has 0 aliphatic carbocycles. The highest BCUT2D eigenvalue weighted by Crippen LogP contribution is 2.23. The minimum Gasteiger partial charge on any atom is -0.285 e. The van der Waals surface area contributed by atoms with E-state index in [4.69, 9.17) is 0 Å². The molecule has 1 aliphatic heterocycles. The van der Waals surface area contributed by atoms with Gasteiger partial charge in [0.2, 0.25) is 10.0 Å². The molecule has 5 heteroatoms. The van der Waals surface area contributed by atoms with Gasteiger partial charge in [-0.2, -0.15) is 0 Å². The molecule has 0 radical (unpaired) electrons. The SMILES string of the molecule is CCC=C1CC=CC=NC1=C(C)NS(=O)(=O)C(C=CC=C(C=CCCC)CCCC)CC. The zero-order chi connectivity index (χ0) is 23.8. The lowest BCUT2D eigenvalue weighted by atomic mass is 10.1. The van der Waals surface area contributed by atoms with Crippen molar-refractivity contribution in [2.45, 2.75) is 91.2 Å². The van der Waals surface area contributed by atoms with E-state index >= 15 is 0 Å². The van der Waals surface area contributed by atoms with Crippen molar-refractivity contribution < 1.29 is 8.42 Å². The number of aliphatic imine (C=N–C) groups is 1. The molecule has 1 N–H and O–H groups in total. The number of rotatable bonds is 13. The van der Waals surface area contributed by atoms with Crippen LogP contribution < -0.4 is 4.72 Å². The Morgan fingerprint density at radius 1 is 1.22 bits per heavy atom. The van der Waals surface area contributed by atoms with Gasteiger partial charge in [0.15, 0.2) is 0 Å². The van der Waals surface area contributed by atoms with Crippen LogP contribution in [0, 0.1) is 0 Å². The summed E-state index contributed by atoms with van der Waals surface area (Å²) in [6.07, 6.45) is 25.4. The van der Waals surface area contributed by atoms with Crippen molar-refractivity contribution in [2.75, 3.05) is 0 Å². The number of nitrogens with one attached hydrogen (secondary N) is 1. The molecule has 0 bridgehead atoms. The summed E-state index contributed by atoms with van der Waals surface area (Å²) in [4.78, 5) is 4.48. The van der Waals surface area contributed by atoms with Crippen LogP contribution in [-0.2, 0) is 10.0 Å². The molecule has 178 valence electrons. The van der Waals surface area contributed by atoms with Gasteiger partial charge in [-0.1, -0.05) is 83.1 Å². The molecule has 0 fully saturated rings. The summed E-state index contributed by atoms with van der Waals surface area (Å²) in [5, 5.41) is -0.604. The summed E-state index contributed by atoms with van der Waals surface area (Å²) >= 11 is 0. The second kappa shape index (κ2) is 15.6. The maximum atomic E-state index is 13.1. The second-order valence-electron chi connectivity index (χ2n) is 8.04. The Balaban J connectivity index is 3.07. The third-order valence-electron chi connectivity index (χ3n) is 5.21. The first-order chi connectivity index (χ1) is 15.4. The number of allylic oxidation sites excluding steroid dienone is 10. The number of hydrogen-bond acceptors (Lipinski definition) is 3. The number of nitrogens with zero attached hydrogens (tertiary/aromatic N) is 1. The first-order valence-corrected chi connectivity index (χ1v) is 13.6. The van der Waals surface area contributed by atoms with Gasteiger partial charge in [0.1, 0.15) is 0 Å². The summed E-state index contributed by atoms with van der Waals surface area (Å²) in [6, 6.07) is 0. The summed E-state index contributed by atoms with van der Waals surface area (Å²) in [5.41, 5.74) is 3.56. The highest BCUT2D eigenvalue weighted by Gasteiger charge is 2.22. The maximum absolute atomic E-state index is 13.1. The average molecular weight is 459 g/mol. The predicted molar refractivity (Wildman–Crippen MR) is 140 cm³/mol. The third kappa shape index (κ3) is 9.99. The van der Waals surface area contributed by atoms with Crippen LogP contribution in [0.2, 0.25) is 0 Å². The van der Waals surface area contributed by atoms with Crippen LogP contribution in [0.15, 0.2) is 76.1 Å².